The summed E-state index contributed by atoms with van der Waals surface area (Å²) in [5.74, 6) is 0.613. The van der Waals surface area contributed by atoms with E-state index in [2.05, 4.69) is 4.98 Å². The summed E-state index contributed by atoms with van der Waals surface area (Å²) in [4.78, 5) is 18.2. The zero-order chi connectivity index (χ0) is 14.8. The topological polar surface area (TPSA) is 42.4 Å². The Kier molecular flexibility index (Phi) is 3.80. The lowest BCUT2D eigenvalue weighted by Gasteiger charge is -2.38. The standard InChI is InChI=1S/C16H15ClN2O2/c1-11-3-2-4-15(18-11)21-14-9-19(10-14)16(20)12-5-7-13(17)8-6-12/h2-8,14H,9-10H2,1H3. The summed E-state index contributed by atoms with van der Waals surface area (Å²) in [6, 6.07) is 12.6. The molecule has 0 saturated carbocycles. The van der Waals surface area contributed by atoms with Crippen LogP contribution in [0.3, 0.4) is 0 Å². The molecular weight excluding hydrogens is 288 g/mol. The molecule has 0 N–H and O–H groups in total. The number of benzene rings is 1. The van der Waals surface area contributed by atoms with E-state index in [1.807, 2.05) is 25.1 Å². The molecule has 5 heteroatoms. The number of hydrogen-bond donors (Lipinski definition) is 0. The largest absolute Gasteiger partial charge is 0.471 e. The predicted molar refractivity (Wildman–Crippen MR) is 80.7 cm³/mol. The molecule has 0 bridgehead atoms. The zero-order valence-corrected chi connectivity index (χ0v) is 12.4. The molecule has 0 spiro atoms. The minimum atomic E-state index is 0.00344. The lowest BCUT2D eigenvalue weighted by Crippen LogP contribution is -2.56. The van der Waals surface area contributed by atoms with Crippen molar-refractivity contribution in [2.45, 2.75) is 13.0 Å². The third-order valence-electron chi connectivity index (χ3n) is 3.38. The average molecular weight is 303 g/mol. The van der Waals surface area contributed by atoms with E-state index >= 15 is 0 Å². The molecule has 1 aromatic heterocycles. The Bertz CT molecular complexity index is 652. The van der Waals surface area contributed by atoms with Gasteiger partial charge in [0.25, 0.3) is 5.91 Å². The number of halogens is 1. The molecule has 0 radical (unpaired) electrons. The Hall–Kier alpha value is -2.07. The summed E-state index contributed by atoms with van der Waals surface area (Å²) in [6.07, 6.45) is 0.00977. The smallest absolute Gasteiger partial charge is 0.254 e. The molecular formula is C16H15ClN2O2. The van der Waals surface area contributed by atoms with Gasteiger partial charge in [-0.25, -0.2) is 4.98 Å². The number of aryl methyl sites for hydroxylation is 1. The minimum Gasteiger partial charge on any atom is -0.471 e. The van der Waals surface area contributed by atoms with Gasteiger partial charge in [0.2, 0.25) is 5.88 Å². The molecule has 1 aromatic carbocycles. The number of nitrogens with zero attached hydrogens (tertiary/aromatic N) is 2. The lowest BCUT2D eigenvalue weighted by atomic mass is 10.1. The van der Waals surface area contributed by atoms with Crippen molar-refractivity contribution < 1.29 is 9.53 Å². The lowest BCUT2D eigenvalue weighted by molar-refractivity contribution is 0.0159. The van der Waals surface area contributed by atoms with Gasteiger partial charge < -0.3 is 9.64 Å². The van der Waals surface area contributed by atoms with Gasteiger partial charge in [-0.05, 0) is 37.3 Å². The maximum absolute atomic E-state index is 12.2. The van der Waals surface area contributed by atoms with Crippen LogP contribution in [0.25, 0.3) is 0 Å². The number of hydrogen-bond acceptors (Lipinski definition) is 3. The maximum atomic E-state index is 12.2. The highest BCUT2D eigenvalue weighted by molar-refractivity contribution is 6.30. The van der Waals surface area contributed by atoms with Crippen molar-refractivity contribution in [3.63, 3.8) is 0 Å². The van der Waals surface area contributed by atoms with Crippen molar-refractivity contribution in [2.75, 3.05) is 13.1 Å². The number of likely N-dealkylation sites (tertiary alicyclic amines) is 1. The fourth-order valence-electron chi connectivity index (χ4n) is 2.21. The molecule has 108 valence electrons. The van der Waals surface area contributed by atoms with Crippen LogP contribution in [0.1, 0.15) is 16.1 Å². The van der Waals surface area contributed by atoms with Crippen LogP contribution in [0.4, 0.5) is 0 Å². The molecule has 3 rings (SSSR count). The number of pyridine rings is 1. The van der Waals surface area contributed by atoms with Gasteiger partial charge in [-0.2, -0.15) is 0 Å². The van der Waals surface area contributed by atoms with Crippen molar-refractivity contribution in [1.82, 2.24) is 9.88 Å². The summed E-state index contributed by atoms with van der Waals surface area (Å²) < 4.78 is 5.74. The highest BCUT2D eigenvalue weighted by Crippen LogP contribution is 2.19. The quantitative estimate of drug-likeness (QED) is 0.875. The predicted octanol–water partition coefficient (Wildman–Crippen LogP) is 2.95. The van der Waals surface area contributed by atoms with Gasteiger partial charge in [-0.1, -0.05) is 17.7 Å². The molecule has 4 nitrogen and oxygen atoms in total. The maximum Gasteiger partial charge on any atom is 0.254 e. The molecule has 21 heavy (non-hydrogen) atoms. The van der Waals surface area contributed by atoms with Crippen LogP contribution >= 0.6 is 11.6 Å². The molecule has 1 saturated heterocycles. The highest BCUT2D eigenvalue weighted by atomic mass is 35.5. The molecule has 0 atom stereocenters. The van der Waals surface area contributed by atoms with Crippen molar-refractivity contribution >= 4 is 17.5 Å². The molecule has 2 heterocycles. The molecule has 1 aliphatic heterocycles. The van der Waals surface area contributed by atoms with Gasteiger partial charge >= 0.3 is 0 Å². The normalized spacial score (nSPS) is 14.7. The van der Waals surface area contributed by atoms with Crippen LogP contribution in [0.2, 0.25) is 5.02 Å². The van der Waals surface area contributed by atoms with Crippen LogP contribution < -0.4 is 4.74 Å². The second kappa shape index (κ2) is 5.74. The van der Waals surface area contributed by atoms with E-state index in [1.165, 1.54) is 0 Å². The van der Waals surface area contributed by atoms with E-state index in [0.717, 1.165) is 5.69 Å². The monoisotopic (exact) mass is 302 g/mol. The number of ether oxygens (including phenoxy) is 1. The molecule has 1 amide bonds. The SMILES string of the molecule is Cc1cccc(OC2CN(C(=O)c3ccc(Cl)cc3)C2)n1. The minimum absolute atomic E-state index is 0.00344. The van der Waals surface area contributed by atoms with Gasteiger partial charge in [0.15, 0.2) is 0 Å². The first-order valence-electron chi connectivity index (χ1n) is 6.77. The van der Waals surface area contributed by atoms with Crippen molar-refractivity contribution in [1.29, 1.82) is 0 Å². The van der Waals surface area contributed by atoms with Crippen LogP contribution in [-0.2, 0) is 0 Å². The molecule has 1 fully saturated rings. The average Bonchev–Trinajstić information content (AvgIpc) is 2.42. The van der Waals surface area contributed by atoms with E-state index in [4.69, 9.17) is 16.3 Å². The third kappa shape index (κ3) is 3.16. The second-order valence-electron chi connectivity index (χ2n) is 5.07. The Morgan fingerprint density at radius 1 is 1.24 bits per heavy atom. The summed E-state index contributed by atoms with van der Waals surface area (Å²) in [7, 11) is 0. The van der Waals surface area contributed by atoms with Gasteiger partial charge in [-0.3, -0.25) is 4.79 Å². The van der Waals surface area contributed by atoms with E-state index in [1.54, 1.807) is 29.2 Å². The van der Waals surface area contributed by atoms with Gasteiger partial charge in [0, 0.05) is 22.3 Å². The van der Waals surface area contributed by atoms with Crippen molar-refractivity contribution in [3.8, 4) is 5.88 Å². The van der Waals surface area contributed by atoms with E-state index < -0.39 is 0 Å². The fraction of sp³-hybridized carbons (Fsp3) is 0.250. The fourth-order valence-corrected chi connectivity index (χ4v) is 2.33. The first-order chi connectivity index (χ1) is 10.1. The number of carbonyl (C=O) groups excluding carboxylic acids is 1. The Labute approximate surface area is 128 Å². The number of amides is 1. The van der Waals surface area contributed by atoms with Crippen molar-refractivity contribution in [3.05, 3.63) is 58.7 Å². The molecule has 0 aliphatic carbocycles. The van der Waals surface area contributed by atoms with E-state index in [0.29, 0.717) is 29.6 Å². The first kappa shape index (κ1) is 13.9. The number of carbonyl (C=O) groups is 1. The zero-order valence-electron chi connectivity index (χ0n) is 11.6. The summed E-state index contributed by atoms with van der Waals surface area (Å²) in [5, 5.41) is 0.627. The van der Waals surface area contributed by atoms with Crippen LogP contribution in [0.15, 0.2) is 42.5 Å². The first-order valence-corrected chi connectivity index (χ1v) is 7.15. The Morgan fingerprint density at radius 3 is 2.62 bits per heavy atom. The van der Waals surface area contributed by atoms with E-state index in [-0.39, 0.29) is 12.0 Å². The summed E-state index contributed by atoms with van der Waals surface area (Å²) in [6.45, 7) is 3.08. The van der Waals surface area contributed by atoms with E-state index in [9.17, 15) is 4.79 Å². The van der Waals surface area contributed by atoms with Crippen molar-refractivity contribution in [2.24, 2.45) is 0 Å². The number of aromatic nitrogens is 1. The van der Waals surface area contributed by atoms with Crippen LogP contribution in [-0.4, -0.2) is 35.0 Å². The van der Waals surface area contributed by atoms with Gasteiger partial charge in [-0.15, -0.1) is 0 Å². The summed E-state index contributed by atoms with van der Waals surface area (Å²) in [5.41, 5.74) is 1.56. The molecule has 0 unspecified atom stereocenters. The molecule has 2 aromatic rings. The van der Waals surface area contributed by atoms with Gasteiger partial charge in [0.05, 0.1) is 13.1 Å². The molecule has 1 aliphatic rings. The second-order valence-corrected chi connectivity index (χ2v) is 5.51. The Morgan fingerprint density at radius 2 is 1.95 bits per heavy atom. The van der Waals surface area contributed by atoms with Crippen LogP contribution in [0, 0.1) is 6.92 Å². The Balaban J connectivity index is 1.56. The third-order valence-corrected chi connectivity index (χ3v) is 3.63. The van der Waals surface area contributed by atoms with Gasteiger partial charge in [0.1, 0.15) is 6.10 Å². The summed E-state index contributed by atoms with van der Waals surface area (Å²) >= 11 is 5.82. The highest BCUT2D eigenvalue weighted by Gasteiger charge is 2.33. The number of rotatable bonds is 3. The van der Waals surface area contributed by atoms with Crippen LogP contribution in [0.5, 0.6) is 5.88 Å².